The number of aryl methyl sites for hydroxylation is 1. The van der Waals surface area contributed by atoms with Crippen LogP contribution in [0.5, 0.6) is 0 Å². The highest BCUT2D eigenvalue weighted by Crippen LogP contribution is 2.15. The Morgan fingerprint density at radius 2 is 2.22 bits per heavy atom. The fourth-order valence-electron chi connectivity index (χ4n) is 1.75. The minimum atomic E-state index is -0.540. The number of carbonyl (C=O) groups is 1. The van der Waals surface area contributed by atoms with Crippen molar-refractivity contribution in [3.63, 3.8) is 0 Å². The number of rotatable bonds is 8. The van der Waals surface area contributed by atoms with Gasteiger partial charge in [-0.2, -0.15) is 4.98 Å². The smallest absolute Gasteiger partial charge is 0.379 e. The molecule has 0 amide bonds. The predicted molar refractivity (Wildman–Crippen MR) is 66.0 cm³/mol. The van der Waals surface area contributed by atoms with Crippen LogP contribution in [-0.4, -0.2) is 29.3 Å². The molecule has 0 bridgehead atoms. The summed E-state index contributed by atoms with van der Waals surface area (Å²) >= 11 is 0. The number of carbonyl (C=O) groups excluding carboxylic acids is 1. The van der Waals surface area contributed by atoms with Crippen molar-refractivity contribution >= 4 is 5.97 Å². The Bertz CT molecular complexity index is 365. The molecule has 18 heavy (non-hydrogen) atoms. The number of ether oxygens (including phenoxy) is 1. The molecular weight excluding hydrogens is 234 g/mol. The van der Waals surface area contributed by atoms with E-state index in [4.69, 9.17) is 15.0 Å². The van der Waals surface area contributed by atoms with Crippen LogP contribution < -0.4 is 5.73 Å². The Morgan fingerprint density at radius 3 is 2.83 bits per heavy atom. The lowest BCUT2D eigenvalue weighted by Crippen LogP contribution is -2.09. The Balaban J connectivity index is 2.46. The standard InChI is InChI=1S/C12H21N3O3/c1-3-9(7-8-13)5-6-10-14-11(15-18-10)12(16)17-4-2/h9H,3-8,13H2,1-2H3. The first-order valence-corrected chi connectivity index (χ1v) is 6.41. The fraction of sp³-hybridized carbons (Fsp3) is 0.750. The van der Waals surface area contributed by atoms with Crippen molar-refractivity contribution in [1.29, 1.82) is 0 Å². The van der Waals surface area contributed by atoms with Gasteiger partial charge >= 0.3 is 5.97 Å². The van der Waals surface area contributed by atoms with Crippen LogP contribution in [0.2, 0.25) is 0 Å². The summed E-state index contributed by atoms with van der Waals surface area (Å²) < 4.78 is 9.80. The van der Waals surface area contributed by atoms with Gasteiger partial charge in [0.2, 0.25) is 5.89 Å². The van der Waals surface area contributed by atoms with Gasteiger partial charge in [0, 0.05) is 6.42 Å². The summed E-state index contributed by atoms with van der Waals surface area (Å²) in [7, 11) is 0. The van der Waals surface area contributed by atoms with Crippen molar-refractivity contribution in [2.75, 3.05) is 13.2 Å². The first-order valence-electron chi connectivity index (χ1n) is 6.41. The van der Waals surface area contributed by atoms with Gasteiger partial charge in [-0.15, -0.1) is 0 Å². The average Bonchev–Trinajstić information content (AvgIpc) is 2.83. The van der Waals surface area contributed by atoms with Crippen LogP contribution in [0.15, 0.2) is 4.52 Å². The molecule has 0 aliphatic carbocycles. The minimum Gasteiger partial charge on any atom is -0.460 e. The summed E-state index contributed by atoms with van der Waals surface area (Å²) in [5.74, 6) is 0.502. The summed E-state index contributed by atoms with van der Waals surface area (Å²) in [6, 6.07) is 0. The van der Waals surface area contributed by atoms with Crippen molar-refractivity contribution in [1.82, 2.24) is 10.1 Å². The van der Waals surface area contributed by atoms with Crippen LogP contribution in [0.4, 0.5) is 0 Å². The molecule has 1 aromatic rings. The number of hydrogen-bond acceptors (Lipinski definition) is 6. The highest BCUT2D eigenvalue weighted by atomic mass is 16.5. The molecule has 0 saturated carbocycles. The van der Waals surface area contributed by atoms with Gasteiger partial charge in [-0.3, -0.25) is 0 Å². The molecule has 1 atom stereocenters. The van der Waals surface area contributed by atoms with Crippen molar-refractivity contribution in [3.05, 3.63) is 11.7 Å². The summed E-state index contributed by atoms with van der Waals surface area (Å²) in [5, 5.41) is 3.60. The highest BCUT2D eigenvalue weighted by Gasteiger charge is 2.16. The molecule has 0 radical (unpaired) electrons. The van der Waals surface area contributed by atoms with Gasteiger partial charge < -0.3 is 15.0 Å². The summed E-state index contributed by atoms with van der Waals surface area (Å²) in [5.41, 5.74) is 5.54. The molecular formula is C12H21N3O3. The van der Waals surface area contributed by atoms with E-state index in [1.165, 1.54) is 0 Å². The topological polar surface area (TPSA) is 91.2 Å². The first kappa shape index (κ1) is 14.6. The van der Waals surface area contributed by atoms with E-state index in [0.717, 1.165) is 19.3 Å². The van der Waals surface area contributed by atoms with Gasteiger partial charge in [0.05, 0.1) is 6.61 Å². The second-order valence-corrected chi connectivity index (χ2v) is 4.12. The van der Waals surface area contributed by atoms with E-state index in [2.05, 4.69) is 17.1 Å². The molecule has 6 nitrogen and oxygen atoms in total. The van der Waals surface area contributed by atoms with E-state index in [-0.39, 0.29) is 5.82 Å². The van der Waals surface area contributed by atoms with Gasteiger partial charge in [0.1, 0.15) is 0 Å². The fourth-order valence-corrected chi connectivity index (χ4v) is 1.75. The third-order valence-electron chi connectivity index (χ3n) is 2.84. The second-order valence-electron chi connectivity index (χ2n) is 4.12. The lowest BCUT2D eigenvalue weighted by Gasteiger charge is -2.11. The summed E-state index contributed by atoms with van der Waals surface area (Å²) in [4.78, 5) is 15.3. The Kier molecular flexibility index (Phi) is 6.35. The zero-order chi connectivity index (χ0) is 13.4. The zero-order valence-electron chi connectivity index (χ0n) is 11.0. The first-order chi connectivity index (χ1) is 8.71. The van der Waals surface area contributed by atoms with Crippen LogP contribution in [0.25, 0.3) is 0 Å². The van der Waals surface area contributed by atoms with E-state index in [0.29, 0.717) is 31.4 Å². The van der Waals surface area contributed by atoms with E-state index >= 15 is 0 Å². The largest absolute Gasteiger partial charge is 0.460 e. The molecule has 0 aliphatic heterocycles. The molecule has 1 unspecified atom stereocenters. The van der Waals surface area contributed by atoms with Crippen LogP contribution >= 0.6 is 0 Å². The molecule has 1 rings (SSSR count). The van der Waals surface area contributed by atoms with Crippen molar-refractivity contribution in [3.8, 4) is 0 Å². The van der Waals surface area contributed by atoms with Crippen LogP contribution in [-0.2, 0) is 11.2 Å². The van der Waals surface area contributed by atoms with Gasteiger partial charge in [-0.05, 0) is 37.4 Å². The monoisotopic (exact) mass is 255 g/mol. The third-order valence-corrected chi connectivity index (χ3v) is 2.84. The molecule has 0 saturated heterocycles. The van der Waals surface area contributed by atoms with Crippen LogP contribution in [0, 0.1) is 5.92 Å². The lowest BCUT2D eigenvalue weighted by atomic mass is 9.97. The summed E-state index contributed by atoms with van der Waals surface area (Å²) in [6.07, 6.45) is 3.69. The van der Waals surface area contributed by atoms with E-state index in [1.807, 2.05) is 0 Å². The maximum atomic E-state index is 11.3. The zero-order valence-corrected chi connectivity index (χ0v) is 11.0. The molecule has 2 N–H and O–H groups in total. The summed E-state index contributed by atoms with van der Waals surface area (Å²) in [6.45, 7) is 4.86. The minimum absolute atomic E-state index is 0.00118. The van der Waals surface area contributed by atoms with Crippen molar-refractivity contribution < 1.29 is 14.1 Å². The quantitative estimate of drug-likeness (QED) is 0.709. The van der Waals surface area contributed by atoms with Crippen molar-refractivity contribution in [2.45, 2.75) is 39.5 Å². The molecule has 0 fully saturated rings. The number of aromatic nitrogens is 2. The van der Waals surface area contributed by atoms with Crippen molar-refractivity contribution in [2.24, 2.45) is 11.7 Å². The van der Waals surface area contributed by atoms with E-state index < -0.39 is 5.97 Å². The van der Waals surface area contributed by atoms with E-state index in [9.17, 15) is 4.79 Å². The van der Waals surface area contributed by atoms with Crippen LogP contribution in [0.3, 0.4) is 0 Å². The average molecular weight is 255 g/mol. The number of nitrogens with zero attached hydrogens (tertiary/aromatic N) is 2. The second kappa shape index (κ2) is 7.81. The molecule has 0 aliphatic rings. The van der Waals surface area contributed by atoms with E-state index in [1.54, 1.807) is 6.92 Å². The molecule has 0 spiro atoms. The number of esters is 1. The SMILES string of the molecule is CCOC(=O)c1noc(CCC(CC)CCN)n1. The lowest BCUT2D eigenvalue weighted by molar-refractivity contribution is 0.0508. The third kappa shape index (κ3) is 4.44. The van der Waals surface area contributed by atoms with Gasteiger partial charge in [0.15, 0.2) is 0 Å². The number of nitrogens with two attached hydrogens (primary N) is 1. The predicted octanol–water partition coefficient (Wildman–Crippen LogP) is 1.55. The number of hydrogen-bond donors (Lipinski definition) is 1. The Labute approximate surface area is 107 Å². The van der Waals surface area contributed by atoms with Gasteiger partial charge in [-0.1, -0.05) is 13.3 Å². The van der Waals surface area contributed by atoms with Gasteiger partial charge in [-0.25, -0.2) is 4.79 Å². The normalized spacial score (nSPS) is 12.4. The molecule has 1 aromatic heterocycles. The van der Waals surface area contributed by atoms with Gasteiger partial charge in [0.25, 0.3) is 5.82 Å². The molecule has 1 heterocycles. The maximum Gasteiger partial charge on any atom is 0.379 e. The van der Waals surface area contributed by atoms with Crippen LogP contribution in [0.1, 0.15) is 49.6 Å². The maximum absolute atomic E-state index is 11.3. The Morgan fingerprint density at radius 1 is 1.44 bits per heavy atom. The highest BCUT2D eigenvalue weighted by molar-refractivity contribution is 5.84. The Hall–Kier alpha value is -1.43. The molecule has 102 valence electrons. The molecule has 6 heteroatoms. The molecule has 0 aromatic carbocycles.